The van der Waals surface area contributed by atoms with Gasteiger partial charge in [0.1, 0.15) is 0 Å². The molecule has 0 rings (SSSR count). The van der Waals surface area contributed by atoms with Crippen molar-refractivity contribution < 1.29 is 4.21 Å². The highest BCUT2D eigenvalue weighted by atomic mass is 32.2. The number of hydrogen-bond donors (Lipinski definition) is 1. The van der Waals surface area contributed by atoms with Crippen molar-refractivity contribution in [1.29, 1.82) is 0 Å². The molecule has 0 bridgehead atoms. The van der Waals surface area contributed by atoms with E-state index < -0.39 is 10.8 Å². The quantitative estimate of drug-likeness (QED) is 0.727. The topological polar surface area (TPSA) is 29.1 Å². The van der Waals surface area contributed by atoms with E-state index in [0.717, 1.165) is 12.3 Å². The minimum Gasteiger partial charge on any atom is -0.313 e. The number of hydrogen-bond acceptors (Lipinski definition) is 2. The fraction of sp³-hybridized carbons (Fsp3) is 1.00. The lowest BCUT2D eigenvalue weighted by Crippen LogP contribution is -2.44. The summed E-state index contributed by atoms with van der Waals surface area (Å²) >= 11 is 0. The molecule has 0 amide bonds. The van der Waals surface area contributed by atoms with Gasteiger partial charge in [-0.2, -0.15) is 0 Å². The largest absolute Gasteiger partial charge is 0.313 e. The maximum absolute atomic E-state index is 11.0. The maximum atomic E-state index is 11.0. The van der Waals surface area contributed by atoms with Crippen molar-refractivity contribution in [3.05, 3.63) is 0 Å². The van der Waals surface area contributed by atoms with E-state index in [0.29, 0.717) is 6.04 Å². The standard InChI is InChI=1S/C9H21NOS/c1-6-10-8(7-12(5)11)9(2,3)4/h8,10H,6-7H2,1-5H3. The molecule has 0 saturated heterocycles. The van der Waals surface area contributed by atoms with Gasteiger partial charge in [-0.25, -0.2) is 0 Å². The summed E-state index contributed by atoms with van der Waals surface area (Å²) in [4.78, 5) is 0. The molecule has 0 saturated carbocycles. The third-order valence-corrected chi connectivity index (χ3v) is 2.70. The third kappa shape index (κ3) is 4.88. The Kier molecular flexibility index (Phi) is 5.02. The number of rotatable bonds is 4. The summed E-state index contributed by atoms with van der Waals surface area (Å²) in [6.45, 7) is 9.55. The average Bonchev–Trinajstić information content (AvgIpc) is 1.83. The van der Waals surface area contributed by atoms with Crippen LogP contribution in [-0.2, 0) is 10.8 Å². The van der Waals surface area contributed by atoms with Crippen molar-refractivity contribution in [1.82, 2.24) is 5.32 Å². The molecule has 0 aliphatic carbocycles. The maximum Gasteiger partial charge on any atom is 0.0391 e. The highest BCUT2D eigenvalue weighted by Gasteiger charge is 2.24. The first-order valence-electron chi connectivity index (χ1n) is 4.41. The Morgan fingerprint density at radius 3 is 2.17 bits per heavy atom. The molecule has 74 valence electrons. The molecule has 0 aromatic carbocycles. The lowest BCUT2D eigenvalue weighted by molar-refractivity contribution is 0.294. The normalized spacial score (nSPS) is 17.4. The smallest absolute Gasteiger partial charge is 0.0391 e. The molecule has 0 aliphatic heterocycles. The fourth-order valence-electron chi connectivity index (χ4n) is 1.10. The van der Waals surface area contributed by atoms with Gasteiger partial charge in [0.05, 0.1) is 0 Å². The Hall–Kier alpha value is 0.110. The minimum atomic E-state index is -0.706. The van der Waals surface area contributed by atoms with Crippen LogP contribution in [0.3, 0.4) is 0 Å². The van der Waals surface area contributed by atoms with Gasteiger partial charge in [0.15, 0.2) is 0 Å². The van der Waals surface area contributed by atoms with E-state index in [1.165, 1.54) is 0 Å². The Labute approximate surface area is 78.6 Å². The van der Waals surface area contributed by atoms with Crippen molar-refractivity contribution in [2.75, 3.05) is 18.6 Å². The summed E-state index contributed by atoms with van der Waals surface area (Å²) in [6.07, 6.45) is 1.76. The molecule has 0 heterocycles. The summed E-state index contributed by atoms with van der Waals surface area (Å²) in [5, 5.41) is 3.36. The summed E-state index contributed by atoms with van der Waals surface area (Å²) in [6, 6.07) is 0.355. The zero-order chi connectivity index (χ0) is 9.78. The second-order valence-electron chi connectivity index (χ2n) is 4.22. The van der Waals surface area contributed by atoms with Crippen LogP contribution in [-0.4, -0.2) is 28.8 Å². The van der Waals surface area contributed by atoms with Crippen LogP contribution in [0.2, 0.25) is 0 Å². The van der Waals surface area contributed by atoms with Gasteiger partial charge in [0.25, 0.3) is 0 Å². The summed E-state index contributed by atoms with van der Waals surface area (Å²) < 4.78 is 11.0. The molecule has 2 unspecified atom stereocenters. The first-order valence-corrected chi connectivity index (χ1v) is 6.14. The molecule has 0 radical (unpaired) electrons. The first-order chi connectivity index (χ1) is 5.38. The second-order valence-corrected chi connectivity index (χ2v) is 5.70. The van der Waals surface area contributed by atoms with Crippen molar-refractivity contribution in [2.45, 2.75) is 33.7 Å². The summed E-state index contributed by atoms with van der Waals surface area (Å²) in [5.41, 5.74) is 0.196. The van der Waals surface area contributed by atoms with Gasteiger partial charge in [-0.3, -0.25) is 4.21 Å². The van der Waals surface area contributed by atoms with Crippen molar-refractivity contribution >= 4 is 10.8 Å². The van der Waals surface area contributed by atoms with Crippen molar-refractivity contribution in [3.63, 3.8) is 0 Å². The molecule has 0 aromatic rings. The Balaban J connectivity index is 4.13. The van der Waals surface area contributed by atoms with Gasteiger partial charge in [-0.05, 0) is 12.0 Å². The zero-order valence-corrected chi connectivity index (χ0v) is 9.62. The lowest BCUT2D eigenvalue weighted by Gasteiger charge is -2.30. The van der Waals surface area contributed by atoms with Crippen LogP contribution in [0.5, 0.6) is 0 Å². The van der Waals surface area contributed by atoms with Gasteiger partial charge in [-0.1, -0.05) is 27.7 Å². The highest BCUT2D eigenvalue weighted by molar-refractivity contribution is 7.84. The molecule has 2 nitrogen and oxygen atoms in total. The fourth-order valence-corrected chi connectivity index (χ4v) is 2.18. The monoisotopic (exact) mass is 191 g/mol. The Morgan fingerprint density at radius 2 is 1.92 bits per heavy atom. The third-order valence-electron chi connectivity index (χ3n) is 1.90. The van der Waals surface area contributed by atoms with Gasteiger partial charge in [-0.15, -0.1) is 0 Å². The van der Waals surface area contributed by atoms with Crippen molar-refractivity contribution in [3.8, 4) is 0 Å². The molecule has 2 atom stereocenters. The van der Waals surface area contributed by atoms with Crippen LogP contribution >= 0.6 is 0 Å². The van der Waals surface area contributed by atoms with Gasteiger partial charge >= 0.3 is 0 Å². The van der Waals surface area contributed by atoms with Crippen LogP contribution < -0.4 is 5.32 Å². The van der Waals surface area contributed by atoms with E-state index in [4.69, 9.17) is 0 Å². The first kappa shape index (κ1) is 12.1. The van der Waals surface area contributed by atoms with E-state index in [1.54, 1.807) is 6.26 Å². The van der Waals surface area contributed by atoms with E-state index in [2.05, 4.69) is 33.0 Å². The van der Waals surface area contributed by atoms with Crippen LogP contribution in [0.15, 0.2) is 0 Å². The molecule has 12 heavy (non-hydrogen) atoms. The zero-order valence-electron chi connectivity index (χ0n) is 8.81. The molecule has 0 aromatic heterocycles. The summed E-state index contributed by atoms with van der Waals surface area (Å²) in [7, 11) is -0.706. The summed E-state index contributed by atoms with van der Waals surface area (Å²) in [5.74, 6) is 0.747. The van der Waals surface area contributed by atoms with Gasteiger partial charge < -0.3 is 5.32 Å². The molecular weight excluding hydrogens is 170 g/mol. The van der Waals surface area contributed by atoms with Crippen LogP contribution in [0, 0.1) is 5.41 Å². The molecule has 0 fully saturated rings. The van der Waals surface area contributed by atoms with E-state index >= 15 is 0 Å². The second kappa shape index (κ2) is 4.97. The number of nitrogens with one attached hydrogen (secondary N) is 1. The molecule has 1 N–H and O–H groups in total. The van der Waals surface area contributed by atoms with E-state index in [1.807, 2.05) is 0 Å². The molecule has 0 aliphatic rings. The Morgan fingerprint density at radius 1 is 1.42 bits per heavy atom. The average molecular weight is 191 g/mol. The Bertz CT molecular complexity index is 151. The van der Waals surface area contributed by atoms with E-state index in [-0.39, 0.29) is 5.41 Å². The van der Waals surface area contributed by atoms with Crippen LogP contribution in [0.4, 0.5) is 0 Å². The van der Waals surface area contributed by atoms with Gasteiger partial charge in [0, 0.05) is 28.9 Å². The predicted octanol–water partition coefficient (Wildman–Crippen LogP) is 1.39. The lowest BCUT2D eigenvalue weighted by atomic mass is 9.88. The molecule has 3 heteroatoms. The van der Waals surface area contributed by atoms with E-state index in [9.17, 15) is 4.21 Å². The SMILES string of the molecule is CCNC(CS(C)=O)C(C)(C)C. The highest BCUT2D eigenvalue weighted by Crippen LogP contribution is 2.19. The minimum absolute atomic E-state index is 0.196. The van der Waals surface area contributed by atoms with Crippen molar-refractivity contribution in [2.24, 2.45) is 5.41 Å². The molecular formula is C9H21NOS. The van der Waals surface area contributed by atoms with Gasteiger partial charge in [0.2, 0.25) is 0 Å². The predicted molar refractivity (Wildman–Crippen MR) is 55.9 cm³/mol. The van der Waals surface area contributed by atoms with Crippen LogP contribution in [0.25, 0.3) is 0 Å². The molecule has 0 spiro atoms. The van der Waals surface area contributed by atoms with Crippen LogP contribution in [0.1, 0.15) is 27.7 Å².